The highest BCUT2D eigenvalue weighted by Gasteiger charge is 2.40. The molecular formula is C29H25NO4. The largest absolute Gasteiger partial charge is 0.482 e. The number of para-hydroxylation sites is 1. The van der Waals surface area contributed by atoms with Crippen LogP contribution in [0.15, 0.2) is 65.1 Å². The number of fused-ring (bicyclic) bond motifs is 4. The Bertz CT molecular complexity index is 1480. The normalized spacial score (nSPS) is 19.1. The first kappa shape index (κ1) is 20.7. The number of aryl methyl sites for hydroxylation is 2. The Morgan fingerprint density at radius 1 is 1.00 bits per heavy atom. The molecule has 0 radical (unpaired) electrons. The van der Waals surface area contributed by atoms with Gasteiger partial charge in [0.15, 0.2) is 11.5 Å². The first-order valence-electron chi connectivity index (χ1n) is 11.6. The van der Waals surface area contributed by atoms with Gasteiger partial charge in [-0.2, -0.15) is 0 Å². The molecule has 2 aliphatic heterocycles. The number of rotatable bonds is 2. The minimum absolute atomic E-state index is 0.00987. The van der Waals surface area contributed by atoms with Crippen LogP contribution in [0.1, 0.15) is 56.5 Å². The molecule has 5 nitrogen and oxygen atoms in total. The molecule has 0 spiro atoms. The average Bonchev–Trinajstić information content (AvgIpc) is 3.40. The molecule has 4 aromatic rings. The standard InChI is InChI=1S/C29H25NO4/c1-17-8-10-20(11-9-17)29(3)16-22(31)26-24(34-29)13-12-23-25(26)18(2)27(33-23)28(32)30-15-14-19-6-4-5-7-21(19)30/h4-13H,14-16H2,1-3H3. The lowest BCUT2D eigenvalue weighted by molar-refractivity contribution is 0.0507. The number of benzene rings is 3. The van der Waals surface area contributed by atoms with Crippen LogP contribution in [0.5, 0.6) is 5.75 Å². The predicted molar refractivity (Wildman–Crippen MR) is 131 cm³/mol. The van der Waals surface area contributed by atoms with E-state index < -0.39 is 5.60 Å². The van der Waals surface area contributed by atoms with Crippen molar-refractivity contribution in [2.45, 2.75) is 39.2 Å². The van der Waals surface area contributed by atoms with E-state index in [0.29, 0.717) is 34.4 Å². The summed E-state index contributed by atoms with van der Waals surface area (Å²) in [6.07, 6.45) is 1.04. The highest BCUT2D eigenvalue weighted by Crippen LogP contribution is 2.44. The molecule has 6 rings (SSSR count). The van der Waals surface area contributed by atoms with Crippen LogP contribution >= 0.6 is 0 Å². The Balaban J connectivity index is 1.42. The number of hydrogen-bond acceptors (Lipinski definition) is 4. The molecule has 3 heterocycles. The molecule has 0 saturated heterocycles. The molecule has 1 amide bonds. The Kier molecular flexibility index (Phi) is 4.46. The van der Waals surface area contributed by atoms with Crippen molar-refractivity contribution < 1.29 is 18.7 Å². The molecule has 5 heteroatoms. The number of anilines is 1. The number of furan rings is 1. The average molecular weight is 452 g/mol. The second-order valence-corrected chi connectivity index (χ2v) is 9.50. The Morgan fingerprint density at radius 3 is 2.56 bits per heavy atom. The summed E-state index contributed by atoms with van der Waals surface area (Å²) in [5.74, 6) is 0.617. The molecule has 0 fully saturated rings. The highest BCUT2D eigenvalue weighted by molar-refractivity contribution is 6.15. The van der Waals surface area contributed by atoms with Gasteiger partial charge in [0.25, 0.3) is 5.91 Å². The molecule has 0 bridgehead atoms. The number of Topliss-reactive ketones (excluding diaryl/α,β-unsaturated/α-hetero) is 1. The number of amides is 1. The summed E-state index contributed by atoms with van der Waals surface area (Å²) >= 11 is 0. The van der Waals surface area contributed by atoms with Gasteiger partial charge in [-0.15, -0.1) is 0 Å². The lowest BCUT2D eigenvalue weighted by Gasteiger charge is -2.35. The molecule has 0 aliphatic carbocycles. The van der Waals surface area contributed by atoms with E-state index in [2.05, 4.69) is 0 Å². The fraction of sp³-hybridized carbons (Fsp3) is 0.241. The van der Waals surface area contributed by atoms with Gasteiger partial charge in [0.05, 0.1) is 12.0 Å². The van der Waals surface area contributed by atoms with E-state index in [1.807, 2.05) is 69.3 Å². The summed E-state index contributed by atoms with van der Waals surface area (Å²) in [6.45, 7) is 6.45. The van der Waals surface area contributed by atoms with Gasteiger partial charge in [0.2, 0.25) is 0 Å². The van der Waals surface area contributed by atoms with Gasteiger partial charge in [-0.1, -0.05) is 48.0 Å². The zero-order valence-corrected chi connectivity index (χ0v) is 19.5. The molecule has 1 unspecified atom stereocenters. The van der Waals surface area contributed by atoms with Crippen molar-refractivity contribution in [2.24, 2.45) is 0 Å². The van der Waals surface area contributed by atoms with Crippen molar-refractivity contribution in [3.05, 3.63) is 94.2 Å². The van der Waals surface area contributed by atoms with E-state index in [1.54, 1.807) is 17.0 Å². The zero-order chi connectivity index (χ0) is 23.6. The minimum Gasteiger partial charge on any atom is -0.482 e. The maximum absolute atomic E-state index is 13.5. The second-order valence-electron chi connectivity index (χ2n) is 9.50. The van der Waals surface area contributed by atoms with Gasteiger partial charge < -0.3 is 14.1 Å². The van der Waals surface area contributed by atoms with Crippen LogP contribution in [0.4, 0.5) is 5.69 Å². The summed E-state index contributed by atoms with van der Waals surface area (Å²) in [6, 6.07) is 19.6. The van der Waals surface area contributed by atoms with Crippen molar-refractivity contribution in [1.82, 2.24) is 0 Å². The number of ether oxygens (including phenoxy) is 1. The molecule has 1 aromatic heterocycles. The summed E-state index contributed by atoms with van der Waals surface area (Å²) in [5, 5.41) is 0.671. The first-order valence-corrected chi connectivity index (χ1v) is 11.6. The molecule has 34 heavy (non-hydrogen) atoms. The van der Waals surface area contributed by atoms with E-state index in [4.69, 9.17) is 9.15 Å². The maximum Gasteiger partial charge on any atom is 0.294 e. The highest BCUT2D eigenvalue weighted by atomic mass is 16.5. The van der Waals surface area contributed by atoms with E-state index in [-0.39, 0.29) is 23.9 Å². The summed E-state index contributed by atoms with van der Waals surface area (Å²) in [7, 11) is 0. The number of nitrogens with zero attached hydrogens (tertiary/aromatic N) is 1. The van der Waals surface area contributed by atoms with Gasteiger partial charge >= 0.3 is 0 Å². The smallest absolute Gasteiger partial charge is 0.294 e. The number of hydrogen-bond donors (Lipinski definition) is 0. The predicted octanol–water partition coefficient (Wildman–Crippen LogP) is 6.13. The third-order valence-corrected chi connectivity index (χ3v) is 7.16. The van der Waals surface area contributed by atoms with Crippen LogP contribution in [-0.2, 0) is 12.0 Å². The lowest BCUT2D eigenvalue weighted by atomic mass is 9.84. The van der Waals surface area contributed by atoms with E-state index in [9.17, 15) is 9.59 Å². The van der Waals surface area contributed by atoms with E-state index in [0.717, 1.165) is 28.8 Å². The molecule has 2 aliphatic rings. The van der Waals surface area contributed by atoms with Crippen molar-refractivity contribution >= 4 is 28.3 Å². The van der Waals surface area contributed by atoms with E-state index in [1.165, 1.54) is 0 Å². The molecular weight excluding hydrogens is 426 g/mol. The number of carbonyl (C=O) groups excluding carboxylic acids is 2. The van der Waals surface area contributed by atoms with Gasteiger partial charge in [0.1, 0.15) is 16.9 Å². The number of ketones is 1. The lowest BCUT2D eigenvalue weighted by Crippen LogP contribution is -2.36. The molecule has 0 N–H and O–H groups in total. The fourth-order valence-corrected chi connectivity index (χ4v) is 5.30. The topological polar surface area (TPSA) is 59.8 Å². The SMILES string of the molecule is Cc1ccc(C2(C)CC(=O)c3c(ccc4oc(C(=O)N5CCc6ccccc65)c(C)c34)O2)cc1. The Morgan fingerprint density at radius 2 is 1.76 bits per heavy atom. The second kappa shape index (κ2) is 7.32. The van der Waals surface area contributed by atoms with Crippen LogP contribution < -0.4 is 9.64 Å². The quantitative estimate of drug-likeness (QED) is 0.368. The van der Waals surface area contributed by atoms with Crippen LogP contribution in [0, 0.1) is 13.8 Å². The fourth-order valence-electron chi connectivity index (χ4n) is 5.30. The summed E-state index contributed by atoms with van der Waals surface area (Å²) in [5.41, 5.74) is 5.15. The summed E-state index contributed by atoms with van der Waals surface area (Å²) < 4.78 is 12.5. The van der Waals surface area contributed by atoms with Crippen molar-refractivity contribution in [3.8, 4) is 5.75 Å². The molecule has 3 aromatic carbocycles. The van der Waals surface area contributed by atoms with Gasteiger partial charge in [-0.25, -0.2) is 0 Å². The first-order chi connectivity index (χ1) is 16.4. The van der Waals surface area contributed by atoms with Crippen molar-refractivity contribution in [3.63, 3.8) is 0 Å². The van der Waals surface area contributed by atoms with Crippen LogP contribution in [-0.4, -0.2) is 18.2 Å². The zero-order valence-electron chi connectivity index (χ0n) is 19.5. The Labute approximate surface area is 197 Å². The van der Waals surface area contributed by atoms with Crippen LogP contribution in [0.25, 0.3) is 11.0 Å². The van der Waals surface area contributed by atoms with Gasteiger partial charge in [-0.3, -0.25) is 9.59 Å². The third-order valence-electron chi connectivity index (χ3n) is 7.16. The Hall–Kier alpha value is -3.86. The molecule has 170 valence electrons. The van der Waals surface area contributed by atoms with Crippen LogP contribution in [0.2, 0.25) is 0 Å². The van der Waals surface area contributed by atoms with E-state index >= 15 is 0 Å². The maximum atomic E-state index is 13.5. The number of carbonyl (C=O) groups is 2. The minimum atomic E-state index is -0.749. The summed E-state index contributed by atoms with van der Waals surface area (Å²) in [4.78, 5) is 28.7. The van der Waals surface area contributed by atoms with Gasteiger partial charge in [-0.05, 0) is 56.5 Å². The van der Waals surface area contributed by atoms with Gasteiger partial charge in [0, 0.05) is 23.2 Å². The molecule has 0 saturated carbocycles. The van der Waals surface area contributed by atoms with Crippen molar-refractivity contribution in [2.75, 3.05) is 11.4 Å². The van der Waals surface area contributed by atoms with Crippen molar-refractivity contribution in [1.29, 1.82) is 0 Å². The monoisotopic (exact) mass is 451 g/mol. The molecule has 1 atom stereocenters. The third kappa shape index (κ3) is 3.00. The van der Waals surface area contributed by atoms with Crippen LogP contribution in [0.3, 0.4) is 0 Å².